The Hall–Kier alpha value is -0.610. The van der Waals surface area contributed by atoms with Crippen molar-refractivity contribution in [2.24, 2.45) is 5.73 Å². The molecular weight excluding hydrogens is 204 g/mol. The van der Waals surface area contributed by atoms with Gasteiger partial charge in [0.15, 0.2) is 0 Å². The summed E-state index contributed by atoms with van der Waals surface area (Å²) in [4.78, 5) is 13.8. The first-order valence-corrected chi connectivity index (χ1v) is 6.26. The maximum atomic E-state index is 12.0. The van der Waals surface area contributed by atoms with Crippen LogP contribution in [0.1, 0.15) is 39.0 Å². The van der Waals surface area contributed by atoms with Crippen molar-refractivity contribution in [3.8, 4) is 0 Å². The van der Waals surface area contributed by atoms with Gasteiger partial charge in [-0.25, -0.2) is 0 Å². The number of carbonyl (C=O) groups is 1. The van der Waals surface area contributed by atoms with Crippen LogP contribution in [-0.2, 0) is 9.53 Å². The van der Waals surface area contributed by atoms with Gasteiger partial charge in [-0.05, 0) is 19.3 Å². The van der Waals surface area contributed by atoms with Gasteiger partial charge in [-0.3, -0.25) is 4.79 Å². The summed E-state index contributed by atoms with van der Waals surface area (Å²) < 4.78 is 5.28. The van der Waals surface area contributed by atoms with Crippen molar-refractivity contribution >= 4 is 5.91 Å². The van der Waals surface area contributed by atoms with Crippen molar-refractivity contribution in [3.63, 3.8) is 0 Å². The van der Waals surface area contributed by atoms with Crippen LogP contribution in [0.4, 0.5) is 0 Å². The second-order valence-corrected chi connectivity index (χ2v) is 4.51. The molecule has 4 nitrogen and oxygen atoms in total. The number of amides is 1. The highest BCUT2D eigenvalue weighted by atomic mass is 16.5. The van der Waals surface area contributed by atoms with Crippen LogP contribution in [0.25, 0.3) is 0 Å². The predicted molar refractivity (Wildman–Crippen MR) is 64.1 cm³/mol. The molecule has 0 aromatic carbocycles. The number of methoxy groups -OCH3 is 1. The molecule has 0 radical (unpaired) electrons. The van der Waals surface area contributed by atoms with E-state index in [1.807, 2.05) is 4.90 Å². The van der Waals surface area contributed by atoms with Crippen molar-refractivity contribution in [2.75, 3.05) is 20.2 Å². The molecular formula is C12H24N2O2. The third-order valence-electron chi connectivity index (χ3n) is 3.27. The van der Waals surface area contributed by atoms with E-state index in [9.17, 15) is 4.79 Å². The van der Waals surface area contributed by atoms with E-state index in [-0.39, 0.29) is 11.9 Å². The van der Waals surface area contributed by atoms with Crippen LogP contribution in [0.3, 0.4) is 0 Å². The van der Waals surface area contributed by atoms with E-state index < -0.39 is 0 Å². The Morgan fingerprint density at radius 2 is 2.12 bits per heavy atom. The van der Waals surface area contributed by atoms with Crippen LogP contribution >= 0.6 is 0 Å². The average molecular weight is 228 g/mol. The van der Waals surface area contributed by atoms with Crippen molar-refractivity contribution < 1.29 is 9.53 Å². The number of nitrogens with two attached hydrogens (primary N) is 1. The molecule has 0 aromatic rings. The number of rotatable bonds is 5. The molecule has 94 valence electrons. The monoisotopic (exact) mass is 228 g/mol. The van der Waals surface area contributed by atoms with Gasteiger partial charge in [0, 0.05) is 20.2 Å². The number of likely N-dealkylation sites (tertiary alicyclic amines) is 1. The fourth-order valence-corrected chi connectivity index (χ4v) is 2.09. The van der Waals surface area contributed by atoms with E-state index in [0.717, 1.165) is 45.2 Å². The van der Waals surface area contributed by atoms with Gasteiger partial charge < -0.3 is 15.4 Å². The Morgan fingerprint density at radius 3 is 2.62 bits per heavy atom. The summed E-state index contributed by atoms with van der Waals surface area (Å²) in [7, 11) is 1.73. The SMILES string of the molecule is CCCC[C@H](N)C(=O)N1CCC(OC)CC1. The Kier molecular flexibility index (Phi) is 5.77. The Morgan fingerprint density at radius 1 is 1.50 bits per heavy atom. The third kappa shape index (κ3) is 3.76. The largest absolute Gasteiger partial charge is 0.381 e. The van der Waals surface area contributed by atoms with E-state index in [2.05, 4.69) is 6.92 Å². The van der Waals surface area contributed by atoms with Gasteiger partial charge in [-0.1, -0.05) is 19.8 Å². The molecule has 1 fully saturated rings. The second-order valence-electron chi connectivity index (χ2n) is 4.51. The van der Waals surface area contributed by atoms with Gasteiger partial charge in [-0.2, -0.15) is 0 Å². The summed E-state index contributed by atoms with van der Waals surface area (Å²) in [5.74, 6) is 0.114. The molecule has 1 aliphatic heterocycles. The van der Waals surface area contributed by atoms with E-state index in [0.29, 0.717) is 6.10 Å². The highest BCUT2D eigenvalue weighted by molar-refractivity contribution is 5.81. The lowest BCUT2D eigenvalue weighted by atomic mass is 10.0. The second kappa shape index (κ2) is 6.86. The highest BCUT2D eigenvalue weighted by Gasteiger charge is 2.25. The van der Waals surface area contributed by atoms with Crippen LogP contribution in [0.5, 0.6) is 0 Å². The number of unbranched alkanes of at least 4 members (excludes halogenated alkanes) is 1. The number of hydrogen-bond donors (Lipinski definition) is 1. The lowest BCUT2D eigenvalue weighted by molar-refractivity contribution is -0.135. The molecule has 1 atom stereocenters. The standard InChI is InChI=1S/C12H24N2O2/c1-3-4-5-11(13)12(15)14-8-6-10(16-2)7-9-14/h10-11H,3-9,13H2,1-2H3/t11-/m0/s1. The van der Waals surface area contributed by atoms with Gasteiger partial charge in [0.05, 0.1) is 12.1 Å². The van der Waals surface area contributed by atoms with Crippen molar-refractivity contribution in [3.05, 3.63) is 0 Å². The number of ether oxygens (including phenoxy) is 1. The normalized spacial score (nSPS) is 19.8. The Labute approximate surface area is 98.1 Å². The minimum atomic E-state index is -0.306. The zero-order valence-electron chi connectivity index (χ0n) is 10.4. The van der Waals surface area contributed by atoms with Crippen LogP contribution in [0, 0.1) is 0 Å². The average Bonchev–Trinajstić information content (AvgIpc) is 2.35. The fourth-order valence-electron chi connectivity index (χ4n) is 2.09. The summed E-state index contributed by atoms with van der Waals surface area (Å²) >= 11 is 0. The summed E-state index contributed by atoms with van der Waals surface area (Å²) in [5.41, 5.74) is 5.88. The van der Waals surface area contributed by atoms with Crippen LogP contribution < -0.4 is 5.73 Å². The Bertz CT molecular complexity index is 213. The van der Waals surface area contributed by atoms with E-state index in [4.69, 9.17) is 10.5 Å². The van der Waals surface area contributed by atoms with Crippen LogP contribution in [0.2, 0.25) is 0 Å². The highest BCUT2D eigenvalue weighted by Crippen LogP contribution is 2.14. The predicted octanol–water partition coefficient (Wildman–Crippen LogP) is 1.14. The quantitative estimate of drug-likeness (QED) is 0.767. The summed E-state index contributed by atoms with van der Waals surface area (Å²) in [6, 6.07) is -0.306. The minimum Gasteiger partial charge on any atom is -0.381 e. The zero-order valence-corrected chi connectivity index (χ0v) is 10.4. The molecule has 0 unspecified atom stereocenters. The number of nitrogens with zero attached hydrogens (tertiary/aromatic N) is 1. The van der Waals surface area contributed by atoms with Crippen LogP contribution in [-0.4, -0.2) is 43.2 Å². The van der Waals surface area contributed by atoms with Gasteiger partial charge in [0.1, 0.15) is 0 Å². The summed E-state index contributed by atoms with van der Waals surface area (Å²) in [6.45, 7) is 3.69. The maximum absolute atomic E-state index is 12.0. The maximum Gasteiger partial charge on any atom is 0.239 e. The molecule has 0 aliphatic carbocycles. The van der Waals surface area contributed by atoms with E-state index in [1.54, 1.807) is 7.11 Å². The van der Waals surface area contributed by atoms with Crippen molar-refractivity contribution in [1.29, 1.82) is 0 Å². The van der Waals surface area contributed by atoms with Crippen molar-refractivity contribution in [2.45, 2.75) is 51.2 Å². The molecule has 16 heavy (non-hydrogen) atoms. The molecule has 0 aromatic heterocycles. The first-order valence-electron chi connectivity index (χ1n) is 6.26. The van der Waals surface area contributed by atoms with E-state index >= 15 is 0 Å². The molecule has 0 bridgehead atoms. The first kappa shape index (κ1) is 13.5. The minimum absolute atomic E-state index is 0.114. The molecule has 1 rings (SSSR count). The number of hydrogen-bond acceptors (Lipinski definition) is 3. The Balaban J connectivity index is 2.32. The van der Waals surface area contributed by atoms with Gasteiger partial charge in [0.2, 0.25) is 5.91 Å². The number of piperidine rings is 1. The molecule has 1 aliphatic rings. The van der Waals surface area contributed by atoms with Gasteiger partial charge in [-0.15, -0.1) is 0 Å². The van der Waals surface area contributed by atoms with Crippen LogP contribution in [0.15, 0.2) is 0 Å². The number of carbonyl (C=O) groups excluding carboxylic acids is 1. The topological polar surface area (TPSA) is 55.6 Å². The molecule has 2 N–H and O–H groups in total. The molecule has 0 spiro atoms. The van der Waals surface area contributed by atoms with Gasteiger partial charge in [0.25, 0.3) is 0 Å². The summed E-state index contributed by atoms with van der Waals surface area (Å²) in [6.07, 6.45) is 5.11. The fraction of sp³-hybridized carbons (Fsp3) is 0.917. The van der Waals surface area contributed by atoms with Crippen molar-refractivity contribution in [1.82, 2.24) is 4.90 Å². The molecule has 0 saturated carbocycles. The lowest BCUT2D eigenvalue weighted by Gasteiger charge is -2.32. The van der Waals surface area contributed by atoms with E-state index in [1.165, 1.54) is 0 Å². The molecule has 1 amide bonds. The molecule has 4 heteroatoms. The molecule has 1 saturated heterocycles. The van der Waals surface area contributed by atoms with Gasteiger partial charge >= 0.3 is 0 Å². The zero-order chi connectivity index (χ0) is 12.0. The first-order chi connectivity index (χ1) is 7.69. The summed E-state index contributed by atoms with van der Waals surface area (Å²) in [5, 5.41) is 0. The third-order valence-corrected chi connectivity index (χ3v) is 3.27. The lowest BCUT2D eigenvalue weighted by Crippen LogP contribution is -2.48. The molecule has 1 heterocycles. The smallest absolute Gasteiger partial charge is 0.239 e.